The van der Waals surface area contributed by atoms with Crippen LogP contribution in [-0.4, -0.2) is 25.4 Å². The molecule has 0 spiro atoms. The Kier molecular flexibility index (Phi) is 6.16. The number of rotatable bonds is 6. The first-order chi connectivity index (χ1) is 13.5. The molecular weight excluding hydrogens is 376 g/mol. The summed E-state index contributed by atoms with van der Waals surface area (Å²) in [5.74, 6) is -0.422. The van der Waals surface area contributed by atoms with Gasteiger partial charge in [-0.1, -0.05) is 35.9 Å². The molecule has 0 radical (unpaired) electrons. The van der Waals surface area contributed by atoms with E-state index >= 15 is 0 Å². The van der Waals surface area contributed by atoms with Crippen LogP contribution in [0, 0.1) is 0 Å². The zero-order valence-electron chi connectivity index (χ0n) is 15.7. The largest absolute Gasteiger partial charge is 0.472 e. The summed E-state index contributed by atoms with van der Waals surface area (Å²) in [6.07, 6.45) is 4.04. The SMILES string of the molecule is CC(=O)N(C)c1ccc(Cl)cc1C(=O)NCCc1ccc(-c2ccoc2)cc1. The van der Waals surface area contributed by atoms with Crippen molar-refractivity contribution in [3.05, 3.63) is 77.2 Å². The molecule has 0 aliphatic rings. The number of amides is 2. The maximum absolute atomic E-state index is 12.6. The summed E-state index contributed by atoms with van der Waals surface area (Å²) >= 11 is 6.04. The third-order valence-electron chi connectivity index (χ3n) is 4.54. The molecule has 1 aromatic heterocycles. The van der Waals surface area contributed by atoms with Crippen LogP contribution in [0.25, 0.3) is 11.1 Å². The van der Waals surface area contributed by atoms with Gasteiger partial charge < -0.3 is 14.6 Å². The van der Waals surface area contributed by atoms with Gasteiger partial charge in [0.1, 0.15) is 0 Å². The molecule has 0 aliphatic carbocycles. The van der Waals surface area contributed by atoms with Crippen molar-refractivity contribution >= 4 is 29.1 Å². The van der Waals surface area contributed by atoms with E-state index in [-0.39, 0.29) is 11.8 Å². The van der Waals surface area contributed by atoms with Gasteiger partial charge in [-0.2, -0.15) is 0 Å². The van der Waals surface area contributed by atoms with E-state index in [4.69, 9.17) is 16.0 Å². The molecule has 3 rings (SSSR count). The van der Waals surface area contributed by atoms with Crippen molar-refractivity contribution in [3.63, 3.8) is 0 Å². The minimum atomic E-state index is -0.263. The number of hydrogen-bond acceptors (Lipinski definition) is 3. The van der Waals surface area contributed by atoms with Crippen LogP contribution in [-0.2, 0) is 11.2 Å². The van der Waals surface area contributed by atoms with Crippen molar-refractivity contribution in [1.29, 1.82) is 0 Å². The minimum Gasteiger partial charge on any atom is -0.472 e. The number of nitrogens with one attached hydrogen (secondary N) is 1. The summed E-state index contributed by atoms with van der Waals surface area (Å²) in [4.78, 5) is 25.7. The maximum atomic E-state index is 12.6. The molecule has 2 aromatic carbocycles. The predicted molar refractivity (Wildman–Crippen MR) is 111 cm³/mol. The fourth-order valence-corrected chi connectivity index (χ4v) is 3.03. The van der Waals surface area contributed by atoms with Gasteiger partial charge in [0.25, 0.3) is 5.91 Å². The smallest absolute Gasteiger partial charge is 0.253 e. The molecule has 1 N–H and O–H groups in total. The predicted octanol–water partition coefficient (Wildman–Crippen LogP) is 4.56. The van der Waals surface area contributed by atoms with Crippen molar-refractivity contribution in [1.82, 2.24) is 5.32 Å². The highest BCUT2D eigenvalue weighted by Crippen LogP contribution is 2.24. The number of furan rings is 1. The third-order valence-corrected chi connectivity index (χ3v) is 4.78. The molecule has 144 valence electrons. The quantitative estimate of drug-likeness (QED) is 0.664. The van der Waals surface area contributed by atoms with E-state index in [1.165, 1.54) is 11.8 Å². The maximum Gasteiger partial charge on any atom is 0.253 e. The Hall–Kier alpha value is -3.05. The lowest BCUT2D eigenvalue weighted by Crippen LogP contribution is -2.30. The fourth-order valence-electron chi connectivity index (χ4n) is 2.86. The molecule has 6 heteroatoms. The van der Waals surface area contributed by atoms with Crippen molar-refractivity contribution in [2.24, 2.45) is 0 Å². The summed E-state index contributed by atoms with van der Waals surface area (Å²) in [6.45, 7) is 1.92. The lowest BCUT2D eigenvalue weighted by Gasteiger charge is -2.19. The standard InChI is InChI=1S/C22H21ClN2O3/c1-15(26)25(2)21-8-7-19(23)13-20(21)22(27)24-11-9-16-3-5-17(6-4-16)18-10-12-28-14-18/h3-8,10,12-14H,9,11H2,1-2H3,(H,24,27). The van der Waals surface area contributed by atoms with Gasteiger partial charge >= 0.3 is 0 Å². The number of nitrogens with zero attached hydrogens (tertiary/aromatic N) is 1. The van der Waals surface area contributed by atoms with Gasteiger partial charge in [-0.25, -0.2) is 0 Å². The molecule has 0 atom stereocenters. The summed E-state index contributed by atoms with van der Waals surface area (Å²) in [5, 5.41) is 3.35. The molecule has 1 heterocycles. The molecule has 5 nitrogen and oxygen atoms in total. The summed E-state index contributed by atoms with van der Waals surface area (Å²) in [6, 6.07) is 14.9. The molecule has 0 saturated carbocycles. The number of halogens is 1. The van der Waals surface area contributed by atoms with Crippen LogP contribution in [0.15, 0.2) is 65.5 Å². The first-order valence-corrected chi connectivity index (χ1v) is 9.27. The van der Waals surface area contributed by atoms with E-state index in [0.29, 0.717) is 29.2 Å². The molecule has 0 bridgehead atoms. The Morgan fingerprint density at radius 2 is 1.82 bits per heavy atom. The Morgan fingerprint density at radius 1 is 1.07 bits per heavy atom. The van der Waals surface area contributed by atoms with Gasteiger partial charge in [-0.15, -0.1) is 0 Å². The zero-order valence-corrected chi connectivity index (χ0v) is 16.5. The van der Waals surface area contributed by atoms with Gasteiger partial charge in [0.05, 0.1) is 23.8 Å². The van der Waals surface area contributed by atoms with Gasteiger partial charge in [-0.3, -0.25) is 9.59 Å². The molecule has 0 aliphatic heterocycles. The number of benzene rings is 2. The molecule has 0 fully saturated rings. The highest BCUT2D eigenvalue weighted by Gasteiger charge is 2.17. The number of carbonyl (C=O) groups is 2. The third kappa shape index (κ3) is 4.61. The molecule has 28 heavy (non-hydrogen) atoms. The van der Waals surface area contributed by atoms with E-state index in [2.05, 4.69) is 5.32 Å². The van der Waals surface area contributed by atoms with E-state index in [1.54, 1.807) is 37.8 Å². The van der Waals surface area contributed by atoms with E-state index in [0.717, 1.165) is 16.7 Å². The van der Waals surface area contributed by atoms with Gasteiger partial charge in [0.15, 0.2) is 0 Å². The van der Waals surface area contributed by atoms with Gasteiger partial charge in [0.2, 0.25) is 5.91 Å². The van der Waals surface area contributed by atoms with Crippen LogP contribution >= 0.6 is 11.6 Å². The van der Waals surface area contributed by atoms with Crippen molar-refractivity contribution < 1.29 is 14.0 Å². The summed E-state index contributed by atoms with van der Waals surface area (Å²) < 4.78 is 5.10. The Bertz CT molecular complexity index is 966. The fraction of sp³-hybridized carbons (Fsp3) is 0.182. The number of carbonyl (C=O) groups excluding carboxylic acids is 2. The minimum absolute atomic E-state index is 0.158. The number of hydrogen-bond donors (Lipinski definition) is 1. The summed E-state index contributed by atoms with van der Waals surface area (Å²) in [7, 11) is 1.63. The summed E-state index contributed by atoms with van der Waals surface area (Å²) in [5.41, 5.74) is 4.12. The Morgan fingerprint density at radius 3 is 2.46 bits per heavy atom. The van der Waals surface area contributed by atoms with Crippen LogP contribution in [0.2, 0.25) is 5.02 Å². The van der Waals surface area contributed by atoms with Gasteiger partial charge in [0, 0.05) is 31.1 Å². The van der Waals surface area contributed by atoms with Crippen molar-refractivity contribution in [2.75, 3.05) is 18.5 Å². The monoisotopic (exact) mass is 396 g/mol. The van der Waals surface area contributed by atoms with Crippen LogP contribution in [0.5, 0.6) is 0 Å². The van der Waals surface area contributed by atoms with Crippen LogP contribution in [0.4, 0.5) is 5.69 Å². The highest BCUT2D eigenvalue weighted by atomic mass is 35.5. The molecule has 2 amide bonds. The highest BCUT2D eigenvalue weighted by molar-refractivity contribution is 6.31. The van der Waals surface area contributed by atoms with Crippen LogP contribution < -0.4 is 10.2 Å². The van der Waals surface area contributed by atoms with E-state index < -0.39 is 0 Å². The molecule has 0 saturated heterocycles. The van der Waals surface area contributed by atoms with E-state index in [9.17, 15) is 9.59 Å². The van der Waals surface area contributed by atoms with E-state index in [1.807, 2.05) is 30.3 Å². The second-order valence-corrected chi connectivity index (χ2v) is 6.89. The molecule has 3 aromatic rings. The number of anilines is 1. The Labute approximate surface area is 168 Å². The lowest BCUT2D eigenvalue weighted by atomic mass is 10.1. The van der Waals surface area contributed by atoms with Gasteiger partial charge in [-0.05, 0) is 41.8 Å². The molecule has 0 unspecified atom stereocenters. The first kappa shape index (κ1) is 19.7. The second kappa shape index (κ2) is 8.76. The van der Waals surface area contributed by atoms with Crippen molar-refractivity contribution in [3.8, 4) is 11.1 Å². The lowest BCUT2D eigenvalue weighted by molar-refractivity contribution is -0.116. The molecular formula is C22H21ClN2O3. The van der Waals surface area contributed by atoms with Crippen LogP contribution in [0.3, 0.4) is 0 Å². The average molecular weight is 397 g/mol. The van der Waals surface area contributed by atoms with Crippen LogP contribution in [0.1, 0.15) is 22.8 Å². The Balaban J connectivity index is 1.63. The zero-order chi connectivity index (χ0) is 20.1. The normalized spacial score (nSPS) is 10.5. The first-order valence-electron chi connectivity index (χ1n) is 8.89. The second-order valence-electron chi connectivity index (χ2n) is 6.45. The average Bonchev–Trinajstić information content (AvgIpc) is 3.22. The van der Waals surface area contributed by atoms with Crippen molar-refractivity contribution in [2.45, 2.75) is 13.3 Å². The topological polar surface area (TPSA) is 62.6 Å².